The van der Waals surface area contributed by atoms with Crippen molar-refractivity contribution in [2.45, 2.75) is 13.8 Å². The number of benzene rings is 1. The quantitative estimate of drug-likeness (QED) is 0.368. The maximum Gasteiger partial charge on any atom is 0.339 e. The van der Waals surface area contributed by atoms with E-state index >= 15 is 0 Å². The average molecular weight is 303 g/mol. The number of esters is 1. The molecule has 0 radical (unpaired) electrons. The molecule has 0 spiro atoms. The summed E-state index contributed by atoms with van der Waals surface area (Å²) in [5, 5.41) is 26.9. The Bertz CT molecular complexity index is 690. The van der Waals surface area contributed by atoms with Crippen molar-refractivity contribution in [2.24, 2.45) is 5.92 Å². The standard InChI is InChI=1S/C14H13N3O5/c1-8-10(4-3-5-12(8)17(20)21)14(19)22-7-13(18)11(6-15)9(2)16/h3-5,11,16H,7H2,1-2H3/t11-/m1/s1. The molecule has 1 aromatic carbocycles. The fraction of sp³-hybridized carbons (Fsp3) is 0.286. The molecule has 0 aliphatic heterocycles. The molecular weight excluding hydrogens is 290 g/mol. The van der Waals surface area contributed by atoms with Crippen molar-refractivity contribution in [1.82, 2.24) is 0 Å². The van der Waals surface area contributed by atoms with E-state index in [1.165, 1.54) is 32.0 Å². The average Bonchev–Trinajstić information content (AvgIpc) is 2.45. The molecule has 0 aliphatic carbocycles. The van der Waals surface area contributed by atoms with E-state index in [0.717, 1.165) is 0 Å². The first kappa shape index (κ1) is 17.0. The van der Waals surface area contributed by atoms with Crippen LogP contribution in [0.15, 0.2) is 18.2 Å². The third-order valence-corrected chi connectivity index (χ3v) is 2.95. The smallest absolute Gasteiger partial charge is 0.339 e. The minimum atomic E-state index is -1.26. The van der Waals surface area contributed by atoms with Crippen molar-refractivity contribution >= 4 is 23.2 Å². The first-order chi connectivity index (χ1) is 10.3. The summed E-state index contributed by atoms with van der Waals surface area (Å²) in [4.78, 5) is 33.7. The normalized spacial score (nSPS) is 11.1. The van der Waals surface area contributed by atoms with E-state index < -0.39 is 29.2 Å². The summed E-state index contributed by atoms with van der Waals surface area (Å²) in [7, 11) is 0. The third-order valence-electron chi connectivity index (χ3n) is 2.95. The number of nitro benzene ring substituents is 1. The van der Waals surface area contributed by atoms with Gasteiger partial charge in [-0.3, -0.25) is 14.9 Å². The predicted molar refractivity (Wildman–Crippen MR) is 75.6 cm³/mol. The minimum Gasteiger partial charge on any atom is -0.454 e. The molecule has 0 heterocycles. The summed E-state index contributed by atoms with van der Waals surface area (Å²) < 4.78 is 4.78. The molecule has 0 amide bonds. The molecule has 1 aromatic rings. The highest BCUT2D eigenvalue weighted by atomic mass is 16.6. The topological polar surface area (TPSA) is 134 Å². The first-order valence-corrected chi connectivity index (χ1v) is 6.18. The molecule has 114 valence electrons. The van der Waals surface area contributed by atoms with E-state index in [1.807, 2.05) is 0 Å². The zero-order chi connectivity index (χ0) is 16.9. The lowest BCUT2D eigenvalue weighted by Gasteiger charge is -2.09. The Kier molecular flexibility index (Phi) is 5.46. The fourth-order valence-electron chi connectivity index (χ4n) is 1.75. The van der Waals surface area contributed by atoms with Gasteiger partial charge in [0.1, 0.15) is 5.92 Å². The molecule has 0 aromatic heterocycles. The highest BCUT2D eigenvalue weighted by Gasteiger charge is 2.23. The lowest BCUT2D eigenvalue weighted by Crippen LogP contribution is -2.25. The number of ether oxygens (including phenoxy) is 1. The van der Waals surface area contributed by atoms with Gasteiger partial charge in [0.25, 0.3) is 5.69 Å². The van der Waals surface area contributed by atoms with Crippen LogP contribution in [0.1, 0.15) is 22.8 Å². The molecule has 22 heavy (non-hydrogen) atoms. The Morgan fingerprint density at radius 2 is 2.14 bits per heavy atom. The number of nitro groups is 1. The van der Waals surface area contributed by atoms with E-state index in [-0.39, 0.29) is 22.5 Å². The van der Waals surface area contributed by atoms with Crippen LogP contribution in [0.5, 0.6) is 0 Å². The van der Waals surface area contributed by atoms with Gasteiger partial charge in [0.15, 0.2) is 12.4 Å². The Morgan fingerprint density at radius 3 is 2.64 bits per heavy atom. The van der Waals surface area contributed by atoms with Gasteiger partial charge >= 0.3 is 5.97 Å². The highest BCUT2D eigenvalue weighted by Crippen LogP contribution is 2.21. The number of nitrogens with one attached hydrogen (secondary N) is 1. The second-order valence-electron chi connectivity index (χ2n) is 4.49. The molecule has 0 bridgehead atoms. The van der Waals surface area contributed by atoms with E-state index in [0.29, 0.717) is 0 Å². The van der Waals surface area contributed by atoms with Gasteiger partial charge in [0.2, 0.25) is 0 Å². The molecule has 0 fully saturated rings. The molecule has 0 saturated carbocycles. The van der Waals surface area contributed by atoms with Crippen molar-refractivity contribution in [1.29, 1.82) is 10.7 Å². The number of nitrogens with zero attached hydrogens (tertiary/aromatic N) is 2. The lowest BCUT2D eigenvalue weighted by molar-refractivity contribution is -0.385. The van der Waals surface area contributed by atoms with Crippen LogP contribution in [-0.2, 0) is 9.53 Å². The fourth-order valence-corrected chi connectivity index (χ4v) is 1.75. The number of hydrogen-bond acceptors (Lipinski definition) is 7. The van der Waals surface area contributed by atoms with Crippen molar-refractivity contribution in [3.63, 3.8) is 0 Å². The van der Waals surface area contributed by atoms with Crippen LogP contribution in [-0.4, -0.2) is 29.0 Å². The number of carbonyl (C=O) groups is 2. The number of carbonyl (C=O) groups excluding carboxylic acids is 2. The van der Waals surface area contributed by atoms with Crippen LogP contribution in [0.3, 0.4) is 0 Å². The van der Waals surface area contributed by atoms with Crippen molar-refractivity contribution < 1.29 is 19.2 Å². The van der Waals surface area contributed by atoms with Crippen LogP contribution in [0.2, 0.25) is 0 Å². The van der Waals surface area contributed by atoms with Gasteiger partial charge in [-0.05, 0) is 19.9 Å². The highest BCUT2D eigenvalue weighted by molar-refractivity contribution is 6.06. The second kappa shape index (κ2) is 7.08. The Hall–Kier alpha value is -3.08. The molecule has 8 heteroatoms. The largest absolute Gasteiger partial charge is 0.454 e. The summed E-state index contributed by atoms with van der Waals surface area (Å²) in [5.41, 5.74) is -0.270. The van der Waals surface area contributed by atoms with Crippen LogP contribution in [0, 0.1) is 39.7 Å². The van der Waals surface area contributed by atoms with Crippen LogP contribution in [0.4, 0.5) is 5.69 Å². The van der Waals surface area contributed by atoms with Crippen LogP contribution in [0.25, 0.3) is 0 Å². The van der Waals surface area contributed by atoms with Crippen molar-refractivity contribution in [3.8, 4) is 6.07 Å². The van der Waals surface area contributed by atoms with Gasteiger partial charge in [-0.1, -0.05) is 6.07 Å². The maximum absolute atomic E-state index is 11.9. The van der Waals surface area contributed by atoms with Crippen molar-refractivity contribution in [3.05, 3.63) is 39.4 Å². The SMILES string of the molecule is CC(=N)[C@@H](C#N)C(=O)COC(=O)c1cccc([N+](=O)[O-])c1C. The first-order valence-electron chi connectivity index (χ1n) is 6.18. The van der Waals surface area contributed by atoms with E-state index in [9.17, 15) is 19.7 Å². The van der Waals surface area contributed by atoms with Gasteiger partial charge in [0.05, 0.1) is 16.6 Å². The summed E-state index contributed by atoms with van der Waals surface area (Å²) in [5.74, 6) is -2.88. The van der Waals surface area contributed by atoms with Gasteiger partial charge in [-0.2, -0.15) is 5.26 Å². The zero-order valence-corrected chi connectivity index (χ0v) is 12.0. The summed E-state index contributed by atoms with van der Waals surface area (Å²) >= 11 is 0. The predicted octanol–water partition coefficient (Wildman–Crippen LogP) is 1.81. The second-order valence-corrected chi connectivity index (χ2v) is 4.49. The summed E-state index contributed by atoms with van der Waals surface area (Å²) in [6.07, 6.45) is 0. The number of nitriles is 1. The van der Waals surface area contributed by atoms with E-state index in [4.69, 9.17) is 15.4 Å². The van der Waals surface area contributed by atoms with Crippen LogP contribution < -0.4 is 0 Å². The number of ketones is 1. The molecule has 0 saturated heterocycles. The number of rotatable bonds is 6. The monoisotopic (exact) mass is 303 g/mol. The summed E-state index contributed by atoms with van der Waals surface area (Å²) in [6, 6.07) is 5.58. The molecule has 0 aliphatic rings. The Labute approximate surface area is 126 Å². The van der Waals surface area contributed by atoms with Crippen molar-refractivity contribution in [2.75, 3.05) is 6.61 Å². The van der Waals surface area contributed by atoms with Gasteiger partial charge in [-0.25, -0.2) is 4.79 Å². The Balaban J connectivity index is 2.86. The van der Waals surface area contributed by atoms with Gasteiger partial charge < -0.3 is 10.1 Å². The zero-order valence-electron chi connectivity index (χ0n) is 12.0. The minimum absolute atomic E-state index is 0.0258. The summed E-state index contributed by atoms with van der Waals surface area (Å²) in [6.45, 7) is 2.03. The molecule has 0 unspecified atom stereocenters. The molecule has 1 N–H and O–H groups in total. The molecule has 1 atom stereocenters. The lowest BCUT2D eigenvalue weighted by atomic mass is 10.0. The van der Waals surface area contributed by atoms with Gasteiger partial charge in [0, 0.05) is 17.3 Å². The number of hydrogen-bond donors (Lipinski definition) is 1. The number of Topliss-reactive ketones (excluding diaryl/α,β-unsaturated/α-hetero) is 1. The molecular formula is C14H13N3O5. The molecule has 8 nitrogen and oxygen atoms in total. The third kappa shape index (κ3) is 3.73. The van der Waals surface area contributed by atoms with E-state index in [2.05, 4.69) is 0 Å². The Morgan fingerprint density at radius 1 is 1.50 bits per heavy atom. The van der Waals surface area contributed by atoms with Gasteiger partial charge in [-0.15, -0.1) is 0 Å². The van der Waals surface area contributed by atoms with E-state index in [1.54, 1.807) is 6.07 Å². The maximum atomic E-state index is 11.9. The molecule has 1 rings (SSSR count). The van der Waals surface area contributed by atoms with Crippen LogP contribution >= 0.6 is 0 Å².